The van der Waals surface area contributed by atoms with E-state index >= 15 is 0 Å². The second-order valence-corrected chi connectivity index (χ2v) is 32.5. The van der Waals surface area contributed by atoms with Crippen LogP contribution in [0.25, 0.3) is 0 Å². The Morgan fingerprint density at radius 2 is 0.286 bits per heavy atom. The van der Waals surface area contributed by atoms with Gasteiger partial charge in [0, 0.05) is 126 Å². The normalized spacial score (nSPS) is 46.1. The summed E-state index contributed by atoms with van der Waals surface area (Å²) >= 11 is 8.83. The highest BCUT2D eigenvalue weighted by atomic mass is 32.2. The number of aliphatic hydroxyl groups excluding tert-OH is 14. The van der Waals surface area contributed by atoms with Gasteiger partial charge in [-0.1, -0.05) is 0 Å². The van der Waals surface area contributed by atoms with Crippen LogP contribution < -0.4 is 40.1 Å². The van der Waals surface area contributed by atoms with Crippen LogP contribution in [0.1, 0.15) is 0 Å². The zero-order valence-electron chi connectivity index (χ0n) is 53.9. The molecule has 35 nitrogen and oxygen atoms in total. The summed E-state index contributed by atoms with van der Waals surface area (Å²) in [6.07, 6.45) is -59.8. The quantitative estimate of drug-likeness (QED) is 0.0324. The minimum absolute atomic E-state index is 0.00103. The van der Waals surface area contributed by atoms with Crippen LogP contribution in [0.4, 0.5) is 0 Å². The number of ether oxygens (including phenoxy) is 14. The predicted molar refractivity (Wildman–Crippen MR) is 363 cm³/mol. The van der Waals surface area contributed by atoms with Gasteiger partial charge in [-0.3, -0.25) is 0 Å². The third kappa shape index (κ3) is 21.5. The van der Waals surface area contributed by atoms with E-state index in [9.17, 15) is 71.5 Å². The van der Waals surface area contributed by atoms with Gasteiger partial charge in [-0.25, -0.2) is 0 Å². The average Bonchev–Trinajstić information content (AvgIpc) is 0.779. The lowest BCUT2D eigenvalue weighted by Crippen LogP contribution is -2.68. The molecule has 14 bridgehead atoms. The van der Waals surface area contributed by atoms with Crippen molar-refractivity contribution in [2.24, 2.45) is 40.1 Å². The maximum atomic E-state index is 12.1. The molecule has 0 aromatic rings. The molecule has 42 heteroatoms. The molecule has 21 heterocycles. The SMILES string of the molecule is NCCSC[C@H]1O[C@H]2O[C@H]3[C@H](O)[C@@H](O)[C@H](O[C@H]4[C@H](O)[C@@H](O)[C@H](O[C@H]5[C@@H](O)[C@@H](O)[C@H](O[C@H]6[C@@H](O)[C@@H](O)[C@H](O[C@H]7[C@H](O)[C@@H](O)[C@H](O[C@H]8[C@H](O)[C@@H](O)[C@H](O[C@H]1[C@H](O)[C@H]2O)O[C@@H]8CSCCN)O[C@@H]7CSCCN)O[C@@H]6CSCCN)O[C@@H]5CSCCN)O[C@@H]4CSCCN)O[C@@H]3CSCCN. The van der Waals surface area contributed by atoms with Gasteiger partial charge in [0.1, 0.15) is 128 Å². The van der Waals surface area contributed by atoms with E-state index in [4.69, 9.17) is 106 Å². The molecule has 0 saturated carbocycles. The number of hydrogen-bond acceptors (Lipinski definition) is 42. The van der Waals surface area contributed by atoms with E-state index in [1.54, 1.807) is 0 Å². The van der Waals surface area contributed by atoms with Crippen LogP contribution in [0.15, 0.2) is 0 Å². The lowest BCUT2D eigenvalue weighted by Gasteiger charge is -2.50. The summed E-state index contributed by atoms with van der Waals surface area (Å²) in [7, 11) is 0. The summed E-state index contributed by atoms with van der Waals surface area (Å²) in [5, 5.41) is 169. The Labute approximate surface area is 598 Å². The first-order valence-corrected chi connectivity index (χ1v) is 40.9. The molecule has 35 atom stereocenters. The summed E-state index contributed by atoms with van der Waals surface area (Å²) in [5.41, 5.74) is 41.2. The predicted octanol–water partition coefficient (Wildman–Crippen LogP) is -10.3. The molecule has 0 radical (unpaired) electrons. The smallest absolute Gasteiger partial charge is 0.187 e. The molecule has 21 saturated heterocycles. The molecule has 0 unspecified atom stereocenters. The summed E-state index contributed by atoms with van der Waals surface area (Å²) in [6.45, 7) is 1.46. The Hall–Kier alpha value is 1.05. The maximum absolute atomic E-state index is 12.1. The molecule has 0 amide bonds. The summed E-state index contributed by atoms with van der Waals surface area (Å²) in [4.78, 5) is 0. The minimum Gasteiger partial charge on any atom is -0.387 e. The van der Waals surface area contributed by atoms with Crippen molar-refractivity contribution in [3.8, 4) is 0 Å². The second-order valence-electron chi connectivity index (χ2n) is 24.4. The highest BCUT2D eigenvalue weighted by Crippen LogP contribution is 2.41. The third-order valence-corrected chi connectivity index (χ3v) is 25.0. The number of hydrogen-bond donors (Lipinski definition) is 21. The zero-order valence-corrected chi connectivity index (χ0v) is 59.6. The van der Waals surface area contributed by atoms with Crippen molar-refractivity contribution >= 4 is 82.3 Å². The lowest BCUT2D eigenvalue weighted by atomic mass is 9.95. The second kappa shape index (κ2) is 42.1. The minimum atomic E-state index is -2.01. The first kappa shape index (κ1) is 84.7. The van der Waals surface area contributed by atoms with Crippen LogP contribution >= 0.6 is 82.3 Å². The summed E-state index contributed by atoms with van der Waals surface area (Å²) < 4.78 is 89.1. The molecule has 0 aromatic carbocycles. The van der Waals surface area contributed by atoms with E-state index in [1.807, 2.05) is 0 Å². The number of nitrogens with two attached hydrogens (primary N) is 7. The van der Waals surface area contributed by atoms with Crippen molar-refractivity contribution in [2.75, 3.05) is 126 Å². The van der Waals surface area contributed by atoms with Crippen LogP contribution in [0.3, 0.4) is 0 Å². The van der Waals surface area contributed by atoms with Gasteiger partial charge in [-0.15, -0.1) is 0 Å². The Morgan fingerprint density at radius 1 is 0.173 bits per heavy atom. The van der Waals surface area contributed by atoms with Crippen molar-refractivity contribution in [3.63, 3.8) is 0 Å². The third-order valence-electron chi connectivity index (χ3n) is 17.3. The number of aliphatic hydroxyl groups is 14. The van der Waals surface area contributed by atoms with Gasteiger partial charge >= 0.3 is 0 Å². The van der Waals surface area contributed by atoms with Crippen molar-refractivity contribution in [1.82, 2.24) is 0 Å². The van der Waals surface area contributed by atoms with E-state index in [0.29, 0.717) is 40.3 Å². The van der Waals surface area contributed by atoms with Gasteiger partial charge in [-0.05, 0) is 0 Å². The first-order valence-electron chi connectivity index (χ1n) is 32.8. The van der Waals surface area contributed by atoms with E-state index in [2.05, 4.69) is 0 Å². The van der Waals surface area contributed by atoms with Crippen LogP contribution in [0.2, 0.25) is 0 Å². The van der Waals surface area contributed by atoms with Gasteiger partial charge in [0.25, 0.3) is 0 Å². The molecule has 0 aromatic heterocycles. The Morgan fingerprint density at radius 3 is 0.388 bits per heavy atom. The molecule has 28 N–H and O–H groups in total. The largest absolute Gasteiger partial charge is 0.387 e. The fourth-order valence-electron chi connectivity index (χ4n) is 12.3. The van der Waals surface area contributed by atoms with Gasteiger partial charge < -0.3 is 178 Å². The van der Waals surface area contributed by atoms with Gasteiger partial charge in [0.2, 0.25) is 0 Å². The van der Waals surface area contributed by atoms with Crippen LogP contribution in [0, 0.1) is 0 Å². The number of rotatable bonds is 28. The fraction of sp³-hybridized carbons (Fsp3) is 1.00. The molecule has 0 aliphatic carbocycles. The molecule has 21 aliphatic heterocycles. The number of thioether (sulfide) groups is 7. The monoisotopic (exact) mass is 1550 g/mol. The van der Waals surface area contributed by atoms with E-state index < -0.39 is 215 Å². The molecule has 21 rings (SSSR count). The van der Waals surface area contributed by atoms with Crippen LogP contribution in [0.5, 0.6) is 0 Å². The van der Waals surface area contributed by atoms with Crippen LogP contribution in [-0.4, -0.2) is 413 Å². The lowest BCUT2D eigenvalue weighted by molar-refractivity contribution is -0.389. The molecule has 574 valence electrons. The average molecular weight is 1550 g/mol. The summed E-state index contributed by atoms with van der Waals surface area (Å²) in [6, 6.07) is 0. The Kier molecular flexibility index (Phi) is 36.4. The Balaban J connectivity index is 1.17. The molecular formula is C56H105N7O28S7. The molecule has 98 heavy (non-hydrogen) atoms. The van der Waals surface area contributed by atoms with Gasteiger partial charge in [0.15, 0.2) is 44.0 Å². The molecule has 0 spiro atoms. The molecule has 21 fully saturated rings. The maximum Gasteiger partial charge on any atom is 0.187 e. The van der Waals surface area contributed by atoms with Gasteiger partial charge in [0.05, 0.1) is 42.7 Å². The van der Waals surface area contributed by atoms with E-state index in [1.165, 1.54) is 82.3 Å². The highest BCUT2D eigenvalue weighted by Gasteiger charge is 2.60. The fourth-order valence-corrected chi connectivity index (χ4v) is 18.1. The van der Waals surface area contributed by atoms with Crippen molar-refractivity contribution < 1.29 is 138 Å². The van der Waals surface area contributed by atoms with Crippen molar-refractivity contribution in [2.45, 2.75) is 215 Å². The topological polar surface area (TPSA) is 595 Å². The molecule has 21 aliphatic rings. The Bertz CT molecular complexity index is 1850. The molecular weight excluding hydrogens is 1440 g/mol. The van der Waals surface area contributed by atoms with Crippen molar-refractivity contribution in [3.05, 3.63) is 0 Å². The summed E-state index contributed by atoms with van der Waals surface area (Å²) in [5.74, 6) is 2.57. The highest BCUT2D eigenvalue weighted by molar-refractivity contribution is 8.00. The van der Waals surface area contributed by atoms with Crippen LogP contribution in [-0.2, 0) is 66.3 Å². The first-order chi connectivity index (χ1) is 47.2. The van der Waals surface area contributed by atoms with E-state index in [0.717, 1.165) is 0 Å². The van der Waals surface area contributed by atoms with E-state index in [-0.39, 0.29) is 86.1 Å². The van der Waals surface area contributed by atoms with Crippen molar-refractivity contribution in [1.29, 1.82) is 0 Å². The zero-order chi connectivity index (χ0) is 70.9. The van der Waals surface area contributed by atoms with Gasteiger partial charge in [-0.2, -0.15) is 82.3 Å². The standard InChI is InChI=1S/C56H105N7O28S7/c57-1-8-92-15-22-43-29(64)36(71)50(78-22)86-44-23(16-93-9-2-58)80-52(38(73)31(44)66)88-46-25(18-95-11-4-60)82-54(40(75)33(46)68)90-48-27(20-97-13-6-62)84-56(42(77)35(48)70)91-49-28(21-98-14-7-63)83-55(41(76)34(49)69)89-47-26(19-96-12-5-61)81-53(39(74)32(47)67)87-45-24(17-94-10-3-59)79-51(85-43)37(72)30(45)65/h22-56,64-77H,1-21,57-63H2/t22-,23-,24-,25-,26-,27-,28-,29-,30-,31-,32-,33-,34+,35+,36-,37-,38-,39-,40-,41-,42-,43-,44-,45-,46-,47-,48-,49-,50+,51+,52+,53+,54+,55+,56+/m1/s1.